The maximum Gasteiger partial charge on any atom is 0.335 e. The van der Waals surface area contributed by atoms with Gasteiger partial charge >= 0.3 is 5.63 Å². The first-order valence-electron chi connectivity index (χ1n) is 9.45. The summed E-state index contributed by atoms with van der Waals surface area (Å²) in [6.45, 7) is 7.93. The van der Waals surface area contributed by atoms with Crippen LogP contribution < -0.4 is 16.3 Å². The number of carbonyl (C=O) groups is 1. The Labute approximate surface area is 172 Å². The molecule has 0 fully saturated rings. The predicted molar refractivity (Wildman–Crippen MR) is 112 cm³/mol. The minimum absolute atomic E-state index is 0.291. The summed E-state index contributed by atoms with van der Waals surface area (Å²) in [5.74, 6) is 1.80. The summed E-state index contributed by atoms with van der Waals surface area (Å²) in [4.78, 5) is 32.4. The van der Waals surface area contributed by atoms with Gasteiger partial charge in [0.2, 0.25) is 0 Å². The van der Waals surface area contributed by atoms with Crippen molar-refractivity contribution < 1.29 is 9.21 Å². The van der Waals surface area contributed by atoms with E-state index < -0.39 is 5.63 Å². The molecule has 0 unspecified atom stereocenters. The molecule has 3 heterocycles. The number of aromatic nitrogens is 4. The Bertz CT molecular complexity index is 1030. The molecular formula is C19H24N6O3S. The number of amides is 1. The van der Waals surface area contributed by atoms with Gasteiger partial charge in [0.15, 0.2) is 10.8 Å². The number of nitrogens with one attached hydrogen (secondary N) is 2. The molecule has 0 aliphatic carbocycles. The molecule has 3 rings (SSSR count). The molecule has 154 valence electrons. The minimum atomic E-state index is -0.494. The molecule has 0 aliphatic rings. The van der Waals surface area contributed by atoms with Crippen molar-refractivity contribution in [3.05, 3.63) is 40.6 Å². The fraction of sp³-hybridized carbons (Fsp3) is 0.421. The molecule has 2 N–H and O–H groups in total. The molecule has 3 aromatic heterocycles. The second-order valence-corrected chi connectivity index (χ2v) is 8.00. The maximum atomic E-state index is 12.1. The third-order valence-electron chi connectivity index (χ3n) is 4.00. The van der Waals surface area contributed by atoms with Gasteiger partial charge in [-0.25, -0.2) is 19.4 Å². The summed E-state index contributed by atoms with van der Waals surface area (Å²) < 4.78 is 6.47. The van der Waals surface area contributed by atoms with Crippen LogP contribution in [0.4, 0.5) is 5.82 Å². The van der Waals surface area contributed by atoms with Gasteiger partial charge in [-0.05, 0) is 17.7 Å². The third-order valence-corrected chi connectivity index (χ3v) is 4.73. The SMILES string of the molecule is CCSc1nc(NCC(C)C)c2cnn(CCNC(=O)c3ccc(=O)oc3)c2n1. The molecule has 0 spiro atoms. The summed E-state index contributed by atoms with van der Waals surface area (Å²) in [7, 11) is 0. The van der Waals surface area contributed by atoms with Crippen LogP contribution in [0.15, 0.2) is 39.0 Å². The first-order valence-corrected chi connectivity index (χ1v) is 10.4. The fourth-order valence-corrected chi connectivity index (χ4v) is 3.16. The maximum absolute atomic E-state index is 12.1. The number of hydrogen-bond donors (Lipinski definition) is 2. The van der Waals surface area contributed by atoms with E-state index in [0.717, 1.165) is 35.4 Å². The van der Waals surface area contributed by atoms with Crippen LogP contribution in [0, 0.1) is 5.92 Å². The highest BCUT2D eigenvalue weighted by Crippen LogP contribution is 2.24. The van der Waals surface area contributed by atoms with Crippen LogP contribution in [0.25, 0.3) is 11.0 Å². The lowest BCUT2D eigenvalue weighted by Gasteiger charge is -2.11. The standard InChI is InChI=1S/C19H24N6O3S/c1-4-29-19-23-16(21-9-12(2)3)14-10-22-25(17(14)24-19)8-7-20-18(27)13-5-6-15(26)28-11-13/h5-6,10-12H,4,7-9H2,1-3H3,(H,20,27)(H,21,23,24). The average molecular weight is 417 g/mol. The highest BCUT2D eigenvalue weighted by atomic mass is 32.2. The van der Waals surface area contributed by atoms with Gasteiger partial charge in [-0.15, -0.1) is 0 Å². The lowest BCUT2D eigenvalue weighted by Crippen LogP contribution is -2.27. The zero-order valence-electron chi connectivity index (χ0n) is 16.6. The second-order valence-electron chi connectivity index (χ2n) is 6.77. The Morgan fingerprint density at radius 1 is 1.31 bits per heavy atom. The van der Waals surface area contributed by atoms with E-state index in [1.165, 1.54) is 12.1 Å². The molecule has 0 bridgehead atoms. The minimum Gasteiger partial charge on any atom is -0.430 e. The Morgan fingerprint density at radius 2 is 2.14 bits per heavy atom. The number of fused-ring (bicyclic) bond motifs is 1. The van der Waals surface area contributed by atoms with Crippen molar-refractivity contribution >= 4 is 34.5 Å². The predicted octanol–water partition coefficient (Wildman–Crippen LogP) is 2.39. The topological polar surface area (TPSA) is 115 Å². The number of thioether (sulfide) groups is 1. The Morgan fingerprint density at radius 3 is 2.83 bits per heavy atom. The van der Waals surface area contributed by atoms with Gasteiger partial charge in [-0.1, -0.05) is 32.5 Å². The molecular weight excluding hydrogens is 392 g/mol. The first kappa shape index (κ1) is 20.8. The molecule has 0 atom stereocenters. The van der Waals surface area contributed by atoms with E-state index in [-0.39, 0.29) is 5.91 Å². The van der Waals surface area contributed by atoms with Gasteiger partial charge in [0.05, 0.1) is 23.7 Å². The van der Waals surface area contributed by atoms with Gasteiger partial charge in [0.1, 0.15) is 12.1 Å². The molecule has 29 heavy (non-hydrogen) atoms. The molecule has 0 saturated heterocycles. The molecule has 0 aromatic carbocycles. The van der Waals surface area contributed by atoms with Crippen molar-refractivity contribution in [3.63, 3.8) is 0 Å². The van der Waals surface area contributed by atoms with Crippen molar-refractivity contribution in [3.8, 4) is 0 Å². The van der Waals surface area contributed by atoms with Gasteiger partial charge < -0.3 is 15.1 Å². The fourth-order valence-electron chi connectivity index (χ4n) is 2.59. The molecule has 3 aromatic rings. The van der Waals surface area contributed by atoms with Crippen LogP contribution in [0.2, 0.25) is 0 Å². The zero-order valence-corrected chi connectivity index (χ0v) is 17.5. The number of rotatable bonds is 9. The first-order chi connectivity index (χ1) is 14.0. The van der Waals surface area contributed by atoms with Crippen LogP contribution in [-0.4, -0.2) is 44.5 Å². The van der Waals surface area contributed by atoms with E-state index in [2.05, 4.69) is 46.5 Å². The van der Waals surface area contributed by atoms with Crippen LogP contribution >= 0.6 is 11.8 Å². The zero-order chi connectivity index (χ0) is 20.8. The highest BCUT2D eigenvalue weighted by molar-refractivity contribution is 7.99. The van der Waals surface area contributed by atoms with Gasteiger partial charge in [0.25, 0.3) is 5.91 Å². The number of anilines is 1. The van der Waals surface area contributed by atoms with Gasteiger partial charge in [-0.2, -0.15) is 5.10 Å². The molecule has 1 amide bonds. The van der Waals surface area contributed by atoms with Crippen molar-refractivity contribution in [2.45, 2.75) is 32.5 Å². The summed E-state index contributed by atoms with van der Waals surface area (Å²) in [6, 6.07) is 2.64. The molecule has 9 nitrogen and oxygen atoms in total. The van der Waals surface area contributed by atoms with Crippen molar-refractivity contribution in [1.82, 2.24) is 25.1 Å². The normalized spacial score (nSPS) is 11.2. The molecule has 0 radical (unpaired) electrons. The van der Waals surface area contributed by atoms with Crippen molar-refractivity contribution in [2.75, 3.05) is 24.2 Å². The largest absolute Gasteiger partial charge is 0.430 e. The number of nitrogens with zero attached hydrogens (tertiary/aromatic N) is 4. The molecule has 0 aliphatic heterocycles. The molecule has 10 heteroatoms. The van der Waals surface area contributed by atoms with Gasteiger partial charge in [-0.3, -0.25) is 4.79 Å². The lowest BCUT2D eigenvalue weighted by atomic mass is 10.2. The van der Waals surface area contributed by atoms with Gasteiger partial charge in [0, 0.05) is 19.2 Å². The van der Waals surface area contributed by atoms with E-state index in [1.807, 2.05) is 0 Å². The van der Waals surface area contributed by atoms with Crippen LogP contribution in [0.1, 0.15) is 31.1 Å². The Balaban J connectivity index is 1.74. The number of hydrogen-bond acceptors (Lipinski definition) is 8. The van der Waals surface area contributed by atoms with E-state index in [9.17, 15) is 9.59 Å². The Hall–Kier alpha value is -2.88. The average Bonchev–Trinajstić information content (AvgIpc) is 3.10. The third kappa shape index (κ3) is 5.35. The monoisotopic (exact) mass is 416 g/mol. The summed E-state index contributed by atoms with van der Waals surface area (Å²) in [5, 5.41) is 12.1. The molecule has 0 saturated carbocycles. The quantitative estimate of drug-likeness (QED) is 0.404. The summed E-state index contributed by atoms with van der Waals surface area (Å²) in [6.07, 6.45) is 2.89. The van der Waals surface area contributed by atoms with Crippen LogP contribution in [0.5, 0.6) is 0 Å². The van der Waals surface area contributed by atoms with Crippen LogP contribution in [0.3, 0.4) is 0 Å². The Kier molecular flexibility index (Phi) is 6.86. The van der Waals surface area contributed by atoms with Crippen molar-refractivity contribution in [1.29, 1.82) is 0 Å². The van der Waals surface area contributed by atoms with E-state index in [1.54, 1.807) is 22.6 Å². The van der Waals surface area contributed by atoms with Crippen LogP contribution in [-0.2, 0) is 6.54 Å². The van der Waals surface area contributed by atoms with E-state index in [4.69, 9.17) is 4.42 Å². The lowest BCUT2D eigenvalue weighted by molar-refractivity contribution is 0.0949. The smallest absolute Gasteiger partial charge is 0.335 e. The number of carbonyl (C=O) groups excluding carboxylic acids is 1. The van der Waals surface area contributed by atoms with E-state index >= 15 is 0 Å². The van der Waals surface area contributed by atoms with Crippen molar-refractivity contribution in [2.24, 2.45) is 5.92 Å². The summed E-state index contributed by atoms with van der Waals surface area (Å²) >= 11 is 1.57. The van der Waals surface area contributed by atoms with E-state index in [0.29, 0.717) is 29.7 Å². The second kappa shape index (κ2) is 9.55. The highest BCUT2D eigenvalue weighted by Gasteiger charge is 2.14. The summed E-state index contributed by atoms with van der Waals surface area (Å²) in [5.41, 5.74) is 0.521.